The molecule has 102 valence electrons. The molecule has 0 bridgehead atoms. The zero-order valence-electron chi connectivity index (χ0n) is 10.4. The van der Waals surface area contributed by atoms with Crippen molar-refractivity contribution >= 4 is 11.6 Å². The zero-order valence-corrected chi connectivity index (χ0v) is 11.2. The second-order valence-corrected chi connectivity index (χ2v) is 4.54. The van der Waals surface area contributed by atoms with Gasteiger partial charge in [-0.25, -0.2) is 8.78 Å². The van der Waals surface area contributed by atoms with Crippen LogP contribution in [0.4, 0.5) is 8.78 Å². The Morgan fingerprint density at radius 1 is 1.32 bits per heavy atom. The molecule has 1 unspecified atom stereocenters. The van der Waals surface area contributed by atoms with E-state index in [0.29, 0.717) is 18.5 Å². The van der Waals surface area contributed by atoms with Crippen LogP contribution >= 0.6 is 11.6 Å². The van der Waals surface area contributed by atoms with Crippen LogP contribution in [0.2, 0.25) is 5.22 Å². The predicted octanol–water partition coefficient (Wildman–Crippen LogP) is 4.10. The van der Waals surface area contributed by atoms with Crippen molar-refractivity contribution in [2.24, 2.45) is 0 Å². The fourth-order valence-electron chi connectivity index (χ4n) is 2.01. The van der Waals surface area contributed by atoms with Gasteiger partial charge in [0.15, 0.2) is 5.22 Å². The van der Waals surface area contributed by atoms with Crippen LogP contribution in [0.25, 0.3) is 0 Å². The van der Waals surface area contributed by atoms with Crippen LogP contribution in [0.5, 0.6) is 0 Å². The van der Waals surface area contributed by atoms with Gasteiger partial charge in [-0.3, -0.25) is 0 Å². The second kappa shape index (κ2) is 6.17. The molecule has 0 aliphatic carbocycles. The molecule has 1 aromatic carbocycles. The molecule has 1 N–H and O–H groups in total. The second-order valence-electron chi connectivity index (χ2n) is 4.20. The van der Waals surface area contributed by atoms with Crippen molar-refractivity contribution < 1.29 is 13.2 Å². The van der Waals surface area contributed by atoms with Crippen molar-refractivity contribution in [1.82, 2.24) is 5.32 Å². The van der Waals surface area contributed by atoms with E-state index in [1.54, 1.807) is 6.07 Å². The van der Waals surface area contributed by atoms with Gasteiger partial charge in [0, 0.05) is 11.6 Å². The number of benzene rings is 1. The number of likely N-dealkylation sites (N-methyl/N-ethyl adjacent to an activating group) is 1. The molecule has 0 radical (unpaired) electrons. The van der Waals surface area contributed by atoms with Gasteiger partial charge in [-0.05, 0) is 54.4 Å². The van der Waals surface area contributed by atoms with E-state index in [9.17, 15) is 8.78 Å². The lowest BCUT2D eigenvalue weighted by atomic mass is 10.0. The molecule has 2 nitrogen and oxygen atoms in total. The largest absolute Gasteiger partial charge is 0.453 e. The van der Waals surface area contributed by atoms with Crippen LogP contribution in [0, 0.1) is 11.6 Å². The molecule has 0 saturated heterocycles. The molecule has 0 amide bonds. The topological polar surface area (TPSA) is 25.2 Å². The Hall–Kier alpha value is -1.39. The highest BCUT2D eigenvalue weighted by Gasteiger charge is 2.18. The van der Waals surface area contributed by atoms with Crippen molar-refractivity contribution in [3.05, 3.63) is 58.5 Å². The summed E-state index contributed by atoms with van der Waals surface area (Å²) in [6.07, 6.45) is 1.78. The summed E-state index contributed by atoms with van der Waals surface area (Å²) >= 11 is 5.93. The smallest absolute Gasteiger partial charge is 0.197 e. The van der Waals surface area contributed by atoms with E-state index in [1.165, 1.54) is 12.3 Å². The Bertz CT molecular complexity index is 556. The third kappa shape index (κ3) is 3.33. The van der Waals surface area contributed by atoms with E-state index in [0.717, 1.165) is 17.7 Å². The number of furan rings is 1. The molecule has 0 aliphatic heterocycles. The van der Waals surface area contributed by atoms with Crippen molar-refractivity contribution in [2.75, 3.05) is 6.54 Å². The summed E-state index contributed by atoms with van der Waals surface area (Å²) in [7, 11) is 0. The van der Waals surface area contributed by atoms with E-state index in [1.807, 2.05) is 6.92 Å². The number of nitrogens with one attached hydrogen (secondary N) is 1. The van der Waals surface area contributed by atoms with E-state index >= 15 is 0 Å². The Kier molecular flexibility index (Phi) is 4.56. The highest BCUT2D eigenvalue weighted by atomic mass is 35.5. The van der Waals surface area contributed by atoms with Gasteiger partial charge in [0.05, 0.1) is 6.26 Å². The van der Waals surface area contributed by atoms with Crippen molar-refractivity contribution in [3.8, 4) is 0 Å². The fourth-order valence-corrected chi connectivity index (χ4v) is 2.26. The SMILES string of the molecule is CCNC(Cc1cc(F)ccc1F)c1ccoc1Cl. The van der Waals surface area contributed by atoms with Crippen molar-refractivity contribution in [3.63, 3.8) is 0 Å². The molecule has 1 heterocycles. The summed E-state index contributed by atoms with van der Waals surface area (Å²) in [5.74, 6) is -0.881. The maximum Gasteiger partial charge on any atom is 0.197 e. The van der Waals surface area contributed by atoms with Gasteiger partial charge in [0.25, 0.3) is 0 Å². The standard InChI is InChI=1S/C14H14ClF2NO/c1-2-18-13(11-5-6-19-14(11)15)8-9-7-10(16)3-4-12(9)17/h3-7,13,18H,2,8H2,1H3. The molecule has 2 rings (SSSR count). The molecule has 2 aromatic rings. The van der Waals surface area contributed by atoms with Crippen molar-refractivity contribution in [1.29, 1.82) is 0 Å². The molecule has 0 spiro atoms. The van der Waals surface area contributed by atoms with Crippen LogP contribution in [0.15, 0.2) is 34.9 Å². The van der Waals surface area contributed by atoms with E-state index in [4.69, 9.17) is 16.0 Å². The molecule has 19 heavy (non-hydrogen) atoms. The summed E-state index contributed by atoms with van der Waals surface area (Å²) in [4.78, 5) is 0. The maximum atomic E-state index is 13.7. The molecule has 1 atom stereocenters. The summed E-state index contributed by atoms with van der Waals surface area (Å²) in [6, 6.07) is 4.95. The van der Waals surface area contributed by atoms with E-state index in [-0.39, 0.29) is 11.3 Å². The van der Waals surface area contributed by atoms with Gasteiger partial charge in [0.1, 0.15) is 11.6 Å². The van der Waals surface area contributed by atoms with Gasteiger partial charge < -0.3 is 9.73 Å². The average Bonchev–Trinajstić information content (AvgIpc) is 2.79. The lowest BCUT2D eigenvalue weighted by molar-refractivity contribution is 0.510. The molecular weight excluding hydrogens is 272 g/mol. The average molecular weight is 286 g/mol. The maximum absolute atomic E-state index is 13.7. The monoisotopic (exact) mass is 285 g/mol. The van der Waals surface area contributed by atoms with E-state index < -0.39 is 11.6 Å². The molecular formula is C14H14ClF2NO. The Labute approximate surface area is 115 Å². The van der Waals surface area contributed by atoms with Crippen molar-refractivity contribution in [2.45, 2.75) is 19.4 Å². The molecule has 0 aliphatic rings. The normalized spacial score (nSPS) is 12.6. The highest BCUT2D eigenvalue weighted by Crippen LogP contribution is 2.27. The summed E-state index contributed by atoms with van der Waals surface area (Å²) < 4.78 is 31.9. The third-order valence-electron chi connectivity index (χ3n) is 2.90. The lowest BCUT2D eigenvalue weighted by Crippen LogP contribution is -2.23. The molecule has 0 saturated carbocycles. The first-order chi connectivity index (χ1) is 9.11. The summed E-state index contributed by atoms with van der Waals surface area (Å²) in [5, 5.41) is 3.45. The Morgan fingerprint density at radius 3 is 2.74 bits per heavy atom. The highest BCUT2D eigenvalue weighted by molar-refractivity contribution is 6.29. The lowest BCUT2D eigenvalue weighted by Gasteiger charge is -2.17. The first kappa shape index (κ1) is 14.0. The van der Waals surface area contributed by atoms with Gasteiger partial charge in [-0.2, -0.15) is 0 Å². The predicted molar refractivity (Wildman–Crippen MR) is 70.2 cm³/mol. The third-order valence-corrected chi connectivity index (χ3v) is 3.21. The minimum Gasteiger partial charge on any atom is -0.453 e. The van der Waals surface area contributed by atoms with Crippen LogP contribution in [0.1, 0.15) is 24.1 Å². The van der Waals surface area contributed by atoms with Crippen LogP contribution in [0.3, 0.4) is 0 Å². The number of halogens is 3. The first-order valence-electron chi connectivity index (χ1n) is 6.02. The molecule has 5 heteroatoms. The molecule has 1 aromatic heterocycles. The first-order valence-corrected chi connectivity index (χ1v) is 6.39. The summed E-state index contributed by atoms with van der Waals surface area (Å²) in [5.41, 5.74) is 1.05. The van der Waals surface area contributed by atoms with Gasteiger partial charge >= 0.3 is 0 Å². The number of rotatable bonds is 5. The van der Waals surface area contributed by atoms with Gasteiger partial charge in [-0.1, -0.05) is 6.92 Å². The minimum absolute atomic E-state index is 0.215. The molecule has 0 fully saturated rings. The van der Waals surface area contributed by atoms with Crippen LogP contribution in [-0.4, -0.2) is 6.54 Å². The van der Waals surface area contributed by atoms with Gasteiger partial charge in [-0.15, -0.1) is 0 Å². The van der Waals surface area contributed by atoms with Crippen LogP contribution < -0.4 is 5.32 Å². The fraction of sp³-hybridized carbons (Fsp3) is 0.286. The zero-order chi connectivity index (χ0) is 13.8. The minimum atomic E-state index is -0.454. The Balaban J connectivity index is 2.26. The quantitative estimate of drug-likeness (QED) is 0.894. The summed E-state index contributed by atoms with van der Waals surface area (Å²) in [6.45, 7) is 2.62. The Morgan fingerprint density at radius 2 is 2.11 bits per heavy atom. The van der Waals surface area contributed by atoms with E-state index in [2.05, 4.69) is 5.32 Å². The van der Waals surface area contributed by atoms with Gasteiger partial charge in [0.2, 0.25) is 0 Å². The number of hydrogen-bond donors (Lipinski definition) is 1. The number of hydrogen-bond acceptors (Lipinski definition) is 2. The van der Waals surface area contributed by atoms with Crippen LogP contribution in [-0.2, 0) is 6.42 Å².